The molecule has 14 nitrogen and oxygen atoms in total. The van der Waals surface area contributed by atoms with Gasteiger partial charge in [-0.2, -0.15) is 0 Å². The van der Waals surface area contributed by atoms with Gasteiger partial charge in [-0.3, -0.25) is 9.59 Å². The average molecular weight is 859 g/mol. The topological polar surface area (TPSA) is 175 Å². The lowest BCUT2D eigenvalue weighted by Crippen LogP contribution is -2.54. The first-order valence-corrected chi connectivity index (χ1v) is 21.7. The second kappa shape index (κ2) is 17.9. The first kappa shape index (κ1) is 42.5. The van der Waals surface area contributed by atoms with Gasteiger partial charge < -0.3 is 34.2 Å². The number of ether oxygens (including phenoxy) is 3. The largest absolute Gasteiger partial charge is 0.507 e. The van der Waals surface area contributed by atoms with E-state index in [0.29, 0.717) is 42.9 Å². The number of halogens is 1. The van der Waals surface area contributed by atoms with Gasteiger partial charge in [0, 0.05) is 48.8 Å². The lowest BCUT2D eigenvalue weighted by Gasteiger charge is -2.38. The van der Waals surface area contributed by atoms with Crippen LogP contribution in [0.4, 0.5) is 16.2 Å². The molecule has 3 amide bonds. The maximum atomic E-state index is 14.2. The molecule has 60 heavy (non-hydrogen) atoms. The Bertz CT molecular complexity index is 2460. The van der Waals surface area contributed by atoms with Crippen molar-refractivity contribution in [2.24, 2.45) is 0 Å². The summed E-state index contributed by atoms with van der Waals surface area (Å²) in [6.07, 6.45) is 3.00. The summed E-state index contributed by atoms with van der Waals surface area (Å²) in [5, 5.41) is 24.3. The summed E-state index contributed by atoms with van der Waals surface area (Å²) in [7, 11) is -0.889. The van der Waals surface area contributed by atoms with Crippen LogP contribution in [0.5, 0.6) is 17.2 Å². The minimum atomic E-state index is -3.66. The maximum Gasteiger partial charge on any atom is 0.416 e. The van der Waals surface area contributed by atoms with E-state index >= 15 is 0 Å². The molecule has 316 valence electrons. The minimum absolute atomic E-state index is 0.0525. The molecule has 4 aromatic rings. The first-order valence-electron chi connectivity index (χ1n) is 19.7. The maximum absolute atomic E-state index is 14.2. The number of aromatic hydroxyl groups is 1. The Morgan fingerprint density at radius 1 is 1.02 bits per heavy atom. The summed E-state index contributed by atoms with van der Waals surface area (Å²) < 4.78 is 44.1. The Balaban J connectivity index is 1.04. The van der Waals surface area contributed by atoms with E-state index in [-0.39, 0.29) is 77.8 Å². The number of carbonyl (C=O) groups excluding carboxylic acids is 3. The van der Waals surface area contributed by atoms with Crippen LogP contribution in [-0.4, -0.2) is 100 Å². The van der Waals surface area contributed by atoms with Crippen LogP contribution in [0.2, 0.25) is 0 Å². The normalized spacial score (nSPS) is 18.6. The highest BCUT2D eigenvalue weighted by Gasteiger charge is 2.45. The van der Waals surface area contributed by atoms with E-state index in [1.807, 2.05) is 30.3 Å². The van der Waals surface area contributed by atoms with Gasteiger partial charge in [0.15, 0.2) is 17.7 Å². The van der Waals surface area contributed by atoms with Crippen molar-refractivity contribution in [3.63, 3.8) is 0 Å². The van der Waals surface area contributed by atoms with Gasteiger partial charge in [0.1, 0.15) is 12.4 Å². The van der Waals surface area contributed by atoms with Crippen molar-refractivity contribution in [1.29, 1.82) is 0 Å². The van der Waals surface area contributed by atoms with Crippen molar-refractivity contribution in [2.75, 3.05) is 56.1 Å². The Morgan fingerprint density at radius 2 is 1.77 bits per heavy atom. The van der Waals surface area contributed by atoms with Crippen LogP contribution in [0.15, 0.2) is 90.4 Å². The monoisotopic (exact) mass is 858 g/mol. The van der Waals surface area contributed by atoms with Gasteiger partial charge >= 0.3 is 6.09 Å². The second-order valence-electron chi connectivity index (χ2n) is 14.7. The Kier molecular flexibility index (Phi) is 12.7. The molecule has 4 aromatic carbocycles. The number of alkyl halides is 1. The Hall–Kier alpha value is -5.61. The van der Waals surface area contributed by atoms with Gasteiger partial charge in [0.25, 0.3) is 5.91 Å². The summed E-state index contributed by atoms with van der Waals surface area (Å²) in [5.41, 5.74) is 3.27. The SMILES string of the molecule is C=CCOC(=O)N1c2cc(OCCCCCC(=O)N3C[C@@H](CCl)c4c3cc(O)c3ccccc43)c(OC)cc2C(=O)N2CC=C(c3ccc(S(=O)(=O)NC)cc3)C[C@H]2C1O. The molecular formula is C44H47ClN4O10S. The molecule has 3 N–H and O–H groups in total. The highest BCUT2D eigenvalue weighted by atomic mass is 35.5. The fourth-order valence-corrected chi connectivity index (χ4v) is 9.17. The standard InChI is InChI=1S/C44H47ClN4O10S/c1-4-19-59-44(54)49-34-24-39(58-20-9-5-6-12-40(51)48-26-29(25-45)41-32-11-8-7-10-31(32)37(50)23-35(41)48)38(57-3)22-33(34)42(52)47-18-17-28(21-36(47)43(49)53)27-13-15-30(16-14-27)60(55,56)46-2/h4,7-8,10-11,13-17,22-24,29,36,43,46,50,53H,1,5-6,9,12,18-21,25-26H2,2-3H3/t29-,36+,43?/m1/s1. The van der Waals surface area contributed by atoms with Crippen molar-refractivity contribution in [3.8, 4) is 17.2 Å². The fraction of sp³-hybridized carbons (Fsp3) is 0.341. The highest BCUT2D eigenvalue weighted by Crippen LogP contribution is 2.46. The van der Waals surface area contributed by atoms with Gasteiger partial charge in [-0.05, 0) is 73.0 Å². The molecule has 3 heterocycles. The van der Waals surface area contributed by atoms with Gasteiger partial charge in [-0.15, -0.1) is 11.6 Å². The van der Waals surface area contributed by atoms with Crippen LogP contribution in [0.3, 0.4) is 0 Å². The molecule has 0 saturated carbocycles. The van der Waals surface area contributed by atoms with E-state index in [9.17, 15) is 33.0 Å². The zero-order valence-corrected chi connectivity index (χ0v) is 34.9. The number of unbranched alkanes of at least 4 members (excludes halogenated alkanes) is 2. The molecule has 0 bridgehead atoms. The van der Waals surface area contributed by atoms with Gasteiger partial charge in [0.2, 0.25) is 15.9 Å². The molecule has 16 heteroatoms. The van der Waals surface area contributed by atoms with Crippen LogP contribution in [0.25, 0.3) is 16.3 Å². The third kappa shape index (κ3) is 8.14. The van der Waals surface area contributed by atoms with E-state index in [2.05, 4.69) is 11.3 Å². The molecule has 0 aliphatic carbocycles. The van der Waals surface area contributed by atoms with E-state index < -0.39 is 34.3 Å². The average Bonchev–Trinajstić information content (AvgIpc) is 3.61. The van der Waals surface area contributed by atoms with Gasteiger partial charge in [-0.25, -0.2) is 22.8 Å². The Morgan fingerprint density at radius 3 is 2.47 bits per heavy atom. The van der Waals surface area contributed by atoms with Crippen LogP contribution < -0.4 is 24.0 Å². The predicted octanol–water partition coefficient (Wildman–Crippen LogP) is 6.53. The molecule has 0 spiro atoms. The van der Waals surface area contributed by atoms with E-state index in [1.165, 1.54) is 49.4 Å². The number of aliphatic hydroxyl groups is 1. The fourth-order valence-electron chi connectivity index (χ4n) is 8.19. The number of hydrogen-bond donors (Lipinski definition) is 3. The number of amides is 3. The molecule has 7 rings (SSSR count). The number of phenolic OH excluding ortho intramolecular Hbond substituents is 1. The lowest BCUT2D eigenvalue weighted by molar-refractivity contribution is -0.118. The number of rotatable bonds is 14. The number of benzene rings is 4. The summed E-state index contributed by atoms with van der Waals surface area (Å²) in [5.74, 6) is 0.374. The van der Waals surface area contributed by atoms with Crippen molar-refractivity contribution >= 4 is 67.3 Å². The smallest absolute Gasteiger partial charge is 0.416 e. The number of aliphatic hydroxyl groups excluding tert-OH is 1. The highest BCUT2D eigenvalue weighted by molar-refractivity contribution is 7.89. The van der Waals surface area contributed by atoms with Crippen molar-refractivity contribution in [1.82, 2.24) is 9.62 Å². The summed E-state index contributed by atoms with van der Waals surface area (Å²) >= 11 is 6.36. The number of carbonyl (C=O) groups is 3. The lowest BCUT2D eigenvalue weighted by atomic mass is 9.93. The number of nitrogens with zero attached hydrogens (tertiary/aromatic N) is 3. The number of nitrogens with one attached hydrogen (secondary N) is 1. The number of fused-ring (bicyclic) bond motifs is 5. The van der Waals surface area contributed by atoms with E-state index in [1.54, 1.807) is 23.1 Å². The quantitative estimate of drug-likeness (QED) is 0.0719. The Labute approximate surface area is 353 Å². The van der Waals surface area contributed by atoms with E-state index in [0.717, 1.165) is 26.8 Å². The molecule has 0 saturated heterocycles. The van der Waals surface area contributed by atoms with Gasteiger partial charge in [-0.1, -0.05) is 55.1 Å². The van der Waals surface area contributed by atoms with Crippen molar-refractivity contribution < 1.29 is 47.2 Å². The van der Waals surface area contributed by atoms with Crippen LogP contribution >= 0.6 is 11.6 Å². The second-order valence-corrected chi connectivity index (χ2v) is 16.9. The predicted molar refractivity (Wildman–Crippen MR) is 229 cm³/mol. The van der Waals surface area contributed by atoms with Crippen molar-refractivity contribution in [2.45, 2.75) is 55.2 Å². The number of sulfonamides is 1. The third-order valence-corrected chi connectivity index (χ3v) is 13.1. The number of anilines is 2. The number of phenols is 1. The molecular weight excluding hydrogens is 812 g/mol. The zero-order chi connectivity index (χ0) is 42.7. The molecule has 3 aliphatic heterocycles. The number of hydrogen-bond acceptors (Lipinski definition) is 10. The first-order chi connectivity index (χ1) is 28.9. The molecule has 0 radical (unpaired) electrons. The molecule has 3 aliphatic rings. The van der Waals surface area contributed by atoms with Crippen LogP contribution in [-0.2, 0) is 19.6 Å². The van der Waals surface area contributed by atoms with Crippen LogP contribution in [0, 0.1) is 0 Å². The minimum Gasteiger partial charge on any atom is -0.507 e. The third-order valence-electron chi connectivity index (χ3n) is 11.3. The summed E-state index contributed by atoms with van der Waals surface area (Å²) in [6.45, 7) is 4.23. The molecule has 0 aromatic heterocycles. The molecule has 1 unspecified atom stereocenters. The zero-order valence-electron chi connectivity index (χ0n) is 33.3. The van der Waals surface area contributed by atoms with Crippen LogP contribution in [0.1, 0.15) is 59.5 Å². The van der Waals surface area contributed by atoms with Gasteiger partial charge in [0.05, 0.1) is 41.6 Å². The molecule has 3 atom stereocenters. The summed E-state index contributed by atoms with van der Waals surface area (Å²) in [6, 6.07) is 17.6. The van der Waals surface area contributed by atoms with E-state index in [4.69, 9.17) is 25.8 Å². The summed E-state index contributed by atoms with van der Waals surface area (Å²) in [4.78, 5) is 45.7. The number of methoxy groups -OCH3 is 1. The van der Waals surface area contributed by atoms with Crippen molar-refractivity contribution in [3.05, 3.63) is 102 Å². The molecule has 0 fully saturated rings.